The summed E-state index contributed by atoms with van der Waals surface area (Å²) in [4.78, 5) is 18.4. The van der Waals surface area contributed by atoms with Crippen molar-refractivity contribution in [2.45, 2.75) is 23.8 Å². The van der Waals surface area contributed by atoms with Crippen LogP contribution < -0.4 is 5.01 Å². The highest BCUT2D eigenvalue weighted by Crippen LogP contribution is 2.32. The maximum absolute atomic E-state index is 13.7. The van der Waals surface area contributed by atoms with Crippen LogP contribution >= 0.6 is 43.2 Å². The van der Waals surface area contributed by atoms with Crippen molar-refractivity contribution in [1.82, 2.24) is 9.29 Å². The van der Waals surface area contributed by atoms with Crippen molar-refractivity contribution >= 4 is 80.7 Å². The first kappa shape index (κ1) is 28.1. The number of likely N-dealkylation sites (N-methyl/N-ethyl adjacent to an activating group) is 1. The molecule has 1 atom stereocenters. The Morgan fingerprint density at radius 2 is 1.82 bits per heavy atom. The molecule has 1 saturated heterocycles. The van der Waals surface area contributed by atoms with Gasteiger partial charge in [0.2, 0.25) is 15.2 Å². The number of rotatable bonds is 8. The number of thiazole rings is 1. The van der Waals surface area contributed by atoms with E-state index in [0.717, 1.165) is 37.6 Å². The van der Waals surface area contributed by atoms with Crippen LogP contribution in [0.2, 0.25) is 0 Å². The van der Waals surface area contributed by atoms with Gasteiger partial charge in [-0.15, -0.1) is 0 Å². The van der Waals surface area contributed by atoms with Crippen molar-refractivity contribution in [1.29, 1.82) is 0 Å². The number of carbonyl (C=O) groups excluding carboxylic acids is 1. The highest BCUT2D eigenvalue weighted by Gasteiger charge is 2.27. The van der Waals surface area contributed by atoms with Crippen molar-refractivity contribution in [2.24, 2.45) is 5.10 Å². The molecule has 1 aliphatic rings. The summed E-state index contributed by atoms with van der Waals surface area (Å²) < 4.78 is 35.8. The maximum Gasteiger partial charge on any atom is 0.280 e. The first-order valence-corrected chi connectivity index (χ1v) is 15.9. The summed E-state index contributed by atoms with van der Waals surface area (Å²) in [5, 5.41) is 6.13. The molecule has 1 fully saturated rings. The lowest BCUT2D eigenvalue weighted by molar-refractivity contribution is 0.0978. The summed E-state index contributed by atoms with van der Waals surface area (Å²) in [5.74, 6) is -0.432. The molecule has 202 valence electrons. The van der Waals surface area contributed by atoms with Crippen LogP contribution in [0.3, 0.4) is 0 Å². The van der Waals surface area contributed by atoms with E-state index in [4.69, 9.17) is 4.74 Å². The summed E-state index contributed by atoms with van der Waals surface area (Å²) in [6.07, 6.45) is 3.26. The third-order valence-electron chi connectivity index (χ3n) is 6.20. The molecule has 0 N–H and O–H groups in total. The van der Waals surface area contributed by atoms with Crippen LogP contribution in [0.25, 0.3) is 10.2 Å². The van der Waals surface area contributed by atoms with Crippen LogP contribution in [0.15, 0.2) is 85.7 Å². The van der Waals surface area contributed by atoms with Crippen LogP contribution in [0.1, 0.15) is 28.8 Å². The van der Waals surface area contributed by atoms with Crippen molar-refractivity contribution in [2.75, 3.05) is 25.2 Å². The summed E-state index contributed by atoms with van der Waals surface area (Å²) in [7, 11) is -2.19. The number of amides is 1. The number of hydrogen-bond donors (Lipinski definition) is 0. The highest BCUT2D eigenvalue weighted by atomic mass is 79.9. The Hall–Kier alpha value is -2.48. The van der Waals surface area contributed by atoms with E-state index >= 15 is 0 Å². The van der Waals surface area contributed by atoms with Gasteiger partial charge in [-0.3, -0.25) is 4.79 Å². The topological polar surface area (TPSA) is 92.2 Å². The Morgan fingerprint density at radius 3 is 2.51 bits per heavy atom. The number of halogens is 2. The predicted molar refractivity (Wildman–Crippen MR) is 161 cm³/mol. The molecule has 12 heteroatoms. The Kier molecular flexibility index (Phi) is 8.60. The molecule has 1 aliphatic heterocycles. The molecule has 8 nitrogen and oxygen atoms in total. The molecule has 4 aromatic rings. The number of hydrogen-bond acceptors (Lipinski definition) is 7. The molecule has 1 aromatic heterocycles. The van der Waals surface area contributed by atoms with Gasteiger partial charge in [0.1, 0.15) is 0 Å². The molecular weight excluding hydrogens is 668 g/mol. The van der Waals surface area contributed by atoms with Crippen LogP contribution in [0, 0.1) is 0 Å². The second kappa shape index (κ2) is 11.9. The quantitative estimate of drug-likeness (QED) is 0.160. The van der Waals surface area contributed by atoms with E-state index in [2.05, 4.69) is 41.9 Å². The fourth-order valence-corrected chi connectivity index (χ4v) is 7.02. The summed E-state index contributed by atoms with van der Waals surface area (Å²) >= 11 is 8.23. The number of fused-ring (bicyclic) bond motifs is 1. The maximum atomic E-state index is 13.7. The van der Waals surface area contributed by atoms with Crippen molar-refractivity contribution in [3.63, 3.8) is 0 Å². The predicted octanol–water partition coefficient (Wildman–Crippen LogP) is 6.30. The summed E-state index contributed by atoms with van der Waals surface area (Å²) in [6, 6.07) is 19.1. The fourth-order valence-electron chi connectivity index (χ4n) is 4.08. The van der Waals surface area contributed by atoms with Gasteiger partial charge in [0.15, 0.2) is 0 Å². The number of sulfonamides is 1. The SMILES string of the molecule is CN(CC1CCCO1)S(=O)(=O)c1ccc(C(=O)N(/N=C/c2ccc(Br)cc2)c2nc3ccc(Br)cc3s2)cc1. The van der Waals surface area contributed by atoms with E-state index in [9.17, 15) is 13.2 Å². The van der Waals surface area contributed by atoms with E-state index in [0.29, 0.717) is 11.7 Å². The third kappa shape index (κ3) is 6.47. The monoisotopic (exact) mass is 690 g/mol. The van der Waals surface area contributed by atoms with E-state index in [1.807, 2.05) is 42.5 Å². The molecule has 5 rings (SSSR count). The average Bonchev–Trinajstić information content (AvgIpc) is 3.59. The molecule has 0 saturated carbocycles. The Balaban J connectivity index is 1.43. The zero-order chi connectivity index (χ0) is 27.6. The van der Waals surface area contributed by atoms with Gasteiger partial charge < -0.3 is 4.74 Å². The molecule has 1 unspecified atom stereocenters. The van der Waals surface area contributed by atoms with Gasteiger partial charge >= 0.3 is 0 Å². The van der Waals surface area contributed by atoms with E-state index in [1.165, 1.54) is 44.9 Å². The number of benzene rings is 3. The number of anilines is 1. The van der Waals surface area contributed by atoms with E-state index in [-0.39, 0.29) is 23.1 Å². The number of ether oxygens (including phenoxy) is 1. The Bertz CT molecular complexity index is 1620. The lowest BCUT2D eigenvalue weighted by Gasteiger charge is -2.20. The first-order chi connectivity index (χ1) is 18.7. The first-order valence-electron chi connectivity index (χ1n) is 12.1. The van der Waals surface area contributed by atoms with Gasteiger partial charge in [-0.2, -0.15) is 14.4 Å². The van der Waals surface area contributed by atoms with Crippen molar-refractivity contribution < 1.29 is 17.9 Å². The second-order valence-corrected chi connectivity index (χ2v) is 13.9. The second-order valence-electron chi connectivity index (χ2n) is 8.97. The fraction of sp³-hybridized carbons (Fsp3) is 0.222. The molecule has 0 spiro atoms. The van der Waals surface area contributed by atoms with Gasteiger partial charge in [-0.05, 0) is 73.0 Å². The molecule has 0 bridgehead atoms. The van der Waals surface area contributed by atoms with Crippen LogP contribution in [0.5, 0.6) is 0 Å². The third-order valence-corrected chi connectivity index (χ3v) is 10.1. The Labute approximate surface area is 247 Å². The summed E-state index contributed by atoms with van der Waals surface area (Å²) in [5.41, 5.74) is 1.82. The van der Waals surface area contributed by atoms with E-state index in [1.54, 1.807) is 13.3 Å². The average molecular weight is 692 g/mol. The minimum absolute atomic E-state index is 0.0998. The molecule has 1 amide bonds. The number of hydrazone groups is 1. The molecule has 0 radical (unpaired) electrons. The minimum atomic E-state index is -3.73. The molecule has 2 heterocycles. The highest BCUT2D eigenvalue weighted by molar-refractivity contribution is 9.10. The summed E-state index contributed by atoms with van der Waals surface area (Å²) in [6.45, 7) is 0.942. The molecular formula is C27H24Br2N4O4S2. The van der Waals surface area contributed by atoms with Gasteiger partial charge in [-0.25, -0.2) is 13.4 Å². The number of carbonyl (C=O) groups is 1. The zero-order valence-corrected chi connectivity index (χ0v) is 25.6. The zero-order valence-electron chi connectivity index (χ0n) is 20.8. The van der Waals surface area contributed by atoms with Crippen LogP contribution in [0.4, 0.5) is 5.13 Å². The molecule has 39 heavy (non-hydrogen) atoms. The van der Waals surface area contributed by atoms with Crippen molar-refractivity contribution in [3.8, 4) is 0 Å². The largest absolute Gasteiger partial charge is 0.377 e. The normalized spacial score (nSPS) is 15.9. The number of nitrogens with zero attached hydrogens (tertiary/aromatic N) is 4. The Morgan fingerprint density at radius 1 is 1.10 bits per heavy atom. The molecule has 0 aliphatic carbocycles. The smallest absolute Gasteiger partial charge is 0.280 e. The van der Waals surface area contributed by atoms with Gasteiger partial charge in [0.05, 0.1) is 27.4 Å². The van der Waals surface area contributed by atoms with Gasteiger partial charge in [0, 0.05) is 34.7 Å². The van der Waals surface area contributed by atoms with E-state index < -0.39 is 15.9 Å². The lowest BCUT2D eigenvalue weighted by atomic mass is 10.2. The number of aromatic nitrogens is 1. The van der Waals surface area contributed by atoms with Crippen LogP contribution in [-0.4, -0.2) is 56.1 Å². The van der Waals surface area contributed by atoms with Crippen molar-refractivity contribution in [3.05, 3.63) is 86.8 Å². The lowest BCUT2D eigenvalue weighted by Crippen LogP contribution is -2.34. The standard InChI is InChI=1S/C27H24Br2N4O4S2/c1-32(17-22-3-2-14-37-22)39(35,36)23-11-6-19(7-12-23)26(34)33(30-16-18-4-8-20(28)9-5-18)27-31-24-13-10-21(29)15-25(24)38-27/h4-13,15-16,22H,2-3,14,17H2,1H3/b30-16+. The van der Waals surface area contributed by atoms with Crippen LogP contribution in [-0.2, 0) is 14.8 Å². The van der Waals surface area contributed by atoms with Gasteiger partial charge in [0.25, 0.3) is 5.91 Å². The minimum Gasteiger partial charge on any atom is -0.377 e. The van der Waals surface area contributed by atoms with Gasteiger partial charge in [-0.1, -0.05) is 55.3 Å². The molecule has 3 aromatic carbocycles.